The number of nitrogens with two attached hydrogens (primary N) is 1. The lowest BCUT2D eigenvalue weighted by molar-refractivity contribution is -0.125. The number of hydrogen-bond acceptors (Lipinski definition) is 2. The second-order valence-electron chi connectivity index (χ2n) is 4.58. The maximum absolute atomic E-state index is 12.0. The predicted octanol–water partition coefficient (Wildman–Crippen LogP) is 2.24. The van der Waals surface area contributed by atoms with Gasteiger partial charge in [0.05, 0.1) is 5.41 Å². The fourth-order valence-electron chi connectivity index (χ4n) is 1.54. The van der Waals surface area contributed by atoms with Crippen LogP contribution in [0.1, 0.15) is 25.8 Å². The van der Waals surface area contributed by atoms with E-state index in [4.69, 9.17) is 5.73 Å². The van der Waals surface area contributed by atoms with E-state index in [9.17, 15) is 4.79 Å². The highest BCUT2D eigenvalue weighted by Gasteiger charge is 2.29. The Morgan fingerprint density at radius 3 is 2.53 bits per heavy atom. The summed E-state index contributed by atoms with van der Waals surface area (Å²) < 4.78 is 0. The molecule has 1 aromatic carbocycles. The van der Waals surface area contributed by atoms with Crippen molar-refractivity contribution in [1.29, 1.82) is 0 Å². The zero-order chi connectivity index (χ0) is 12.9. The Morgan fingerprint density at radius 1 is 1.41 bits per heavy atom. The number of carbonyl (C=O) groups excluding carboxylic acids is 1. The summed E-state index contributed by atoms with van der Waals surface area (Å²) in [5.74, 6) is 0.0177. The molecule has 0 aliphatic carbocycles. The third-order valence-corrected chi connectivity index (χ3v) is 2.83. The van der Waals surface area contributed by atoms with E-state index in [0.717, 1.165) is 12.0 Å². The van der Waals surface area contributed by atoms with Crippen molar-refractivity contribution in [1.82, 2.24) is 5.32 Å². The van der Waals surface area contributed by atoms with Crippen LogP contribution >= 0.6 is 0 Å². The van der Waals surface area contributed by atoms with Crippen LogP contribution in [0.3, 0.4) is 0 Å². The van der Waals surface area contributed by atoms with Gasteiger partial charge in [-0.15, -0.1) is 6.58 Å². The fourth-order valence-corrected chi connectivity index (χ4v) is 1.54. The number of anilines is 1. The van der Waals surface area contributed by atoms with Crippen molar-refractivity contribution in [2.75, 3.05) is 12.3 Å². The Kier molecular flexibility index (Phi) is 4.32. The number of amides is 1. The third kappa shape index (κ3) is 3.34. The minimum absolute atomic E-state index is 0.0177. The van der Waals surface area contributed by atoms with Crippen molar-refractivity contribution in [3.8, 4) is 0 Å². The first kappa shape index (κ1) is 13.3. The Bertz CT molecular complexity index is 393. The van der Waals surface area contributed by atoms with Crippen LogP contribution in [0, 0.1) is 0 Å². The van der Waals surface area contributed by atoms with E-state index in [0.29, 0.717) is 12.2 Å². The van der Waals surface area contributed by atoms with Gasteiger partial charge < -0.3 is 11.1 Å². The second kappa shape index (κ2) is 5.53. The lowest BCUT2D eigenvalue weighted by atomic mass is 9.83. The van der Waals surface area contributed by atoms with Crippen molar-refractivity contribution in [3.63, 3.8) is 0 Å². The molecule has 0 fully saturated rings. The quantitative estimate of drug-likeness (QED) is 0.465. The average Bonchev–Trinajstić information content (AvgIpc) is 2.29. The van der Waals surface area contributed by atoms with Crippen LogP contribution in [0.15, 0.2) is 36.9 Å². The molecule has 0 heterocycles. The number of nitrogen functional groups attached to an aromatic ring is 1. The van der Waals surface area contributed by atoms with Gasteiger partial charge in [-0.1, -0.05) is 18.2 Å². The Labute approximate surface area is 103 Å². The van der Waals surface area contributed by atoms with Crippen LogP contribution < -0.4 is 11.1 Å². The van der Waals surface area contributed by atoms with E-state index in [1.165, 1.54) is 0 Å². The van der Waals surface area contributed by atoms with Crippen molar-refractivity contribution < 1.29 is 4.79 Å². The molecule has 3 heteroatoms. The monoisotopic (exact) mass is 232 g/mol. The van der Waals surface area contributed by atoms with Crippen molar-refractivity contribution >= 4 is 11.6 Å². The molecule has 3 N–H and O–H groups in total. The number of rotatable bonds is 5. The van der Waals surface area contributed by atoms with Gasteiger partial charge in [0, 0.05) is 12.2 Å². The van der Waals surface area contributed by atoms with Crippen molar-refractivity contribution in [3.05, 3.63) is 42.5 Å². The average molecular weight is 232 g/mol. The number of hydrogen-bond donors (Lipinski definition) is 2. The van der Waals surface area contributed by atoms with Crippen LogP contribution in [0.5, 0.6) is 0 Å². The van der Waals surface area contributed by atoms with Crippen LogP contribution in [-0.2, 0) is 10.2 Å². The summed E-state index contributed by atoms with van der Waals surface area (Å²) in [6, 6.07) is 7.41. The third-order valence-electron chi connectivity index (χ3n) is 2.83. The van der Waals surface area contributed by atoms with Gasteiger partial charge in [-0.25, -0.2) is 0 Å². The molecule has 0 atom stereocenters. The van der Waals surface area contributed by atoms with Crippen LogP contribution in [0.4, 0.5) is 5.69 Å². The van der Waals surface area contributed by atoms with E-state index in [-0.39, 0.29) is 5.91 Å². The Morgan fingerprint density at radius 2 is 2.00 bits per heavy atom. The minimum Gasteiger partial charge on any atom is -0.399 e. The molecule has 0 aromatic heterocycles. The van der Waals surface area contributed by atoms with E-state index in [1.807, 2.05) is 38.1 Å². The highest BCUT2D eigenvalue weighted by atomic mass is 16.2. The topological polar surface area (TPSA) is 55.1 Å². The maximum atomic E-state index is 12.0. The predicted molar refractivity (Wildman–Crippen MR) is 71.7 cm³/mol. The standard InChI is InChI=1S/C14H20N2O/c1-4-5-10-16-13(17)14(2,3)11-6-8-12(15)9-7-11/h4,6-9H,1,5,10,15H2,2-3H3,(H,16,17). The van der Waals surface area contributed by atoms with Crippen LogP contribution in [0.2, 0.25) is 0 Å². The first-order valence-electron chi connectivity index (χ1n) is 5.73. The molecule has 1 rings (SSSR count). The van der Waals surface area contributed by atoms with Crippen LogP contribution in [-0.4, -0.2) is 12.5 Å². The Hall–Kier alpha value is -1.77. The molecule has 0 radical (unpaired) electrons. The second-order valence-corrected chi connectivity index (χ2v) is 4.58. The lowest BCUT2D eigenvalue weighted by Crippen LogP contribution is -2.40. The summed E-state index contributed by atoms with van der Waals surface area (Å²) in [5, 5.41) is 2.90. The molecular weight excluding hydrogens is 212 g/mol. The SMILES string of the molecule is C=CCCNC(=O)C(C)(C)c1ccc(N)cc1. The summed E-state index contributed by atoms with van der Waals surface area (Å²) in [4.78, 5) is 12.0. The van der Waals surface area contributed by atoms with Gasteiger partial charge >= 0.3 is 0 Å². The van der Waals surface area contributed by atoms with E-state index in [2.05, 4.69) is 11.9 Å². The van der Waals surface area contributed by atoms with Gasteiger partial charge in [-0.05, 0) is 38.0 Å². The summed E-state index contributed by atoms with van der Waals surface area (Å²) in [6.07, 6.45) is 2.57. The Balaban J connectivity index is 2.75. The first-order valence-corrected chi connectivity index (χ1v) is 5.73. The molecule has 1 aromatic rings. The molecule has 17 heavy (non-hydrogen) atoms. The highest BCUT2D eigenvalue weighted by Crippen LogP contribution is 2.24. The molecule has 0 aliphatic rings. The summed E-state index contributed by atoms with van der Waals surface area (Å²) >= 11 is 0. The minimum atomic E-state index is -0.547. The largest absolute Gasteiger partial charge is 0.399 e. The molecular formula is C14H20N2O. The van der Waals surface area contributed by atoms with Gasteiger partial charge in [0.1, 0.15) is 0 Å². The molecule has 3 nitrogen and oxygen atoms in total. The van der Waals surface area contributed by atoms with E-state index >= 15 is 0 Å². The van der Waals surface area contributed by atoms with Crippen LogP contribution in [0.25, 0.3) is 0 Å². The van der Waals surface area contributed by atoms with Crippen molar-refractivity contribution in [2.24, 2.45) is 0 Å². The summed E-state index contributed by atoms with van der Waals surface area (Å²) in [7, 11) is 0. The van der Waals surface area contributed by atoms with Gasteiger partial charge in [0.2, 0.25) is 5.91 Å². The molecule has 0 spiro atoms. The van der Waals surface area contributed by atoms with Gasteiger partial charge in [-0.3, -0.25) is 4.79 Å². The van der Waals surface area contributed by atoms with Gasteiger partial charge in [0.25, 0.3) is 0 Å². The van der Waals surface area contributed by atoms with Gasteiger partial charge in [0.15, 0.2) is 0 Å². The molecule has 0 unspecified atom stereocenters. The lowest BCUT2D eigenvalue weighted by Gasteiger charge is -2.24. The first-order chi connectivity index (χ1) is 7.98. The molecule has 0 bridgehead atoms. The van der Waals surface area contributed by atoms with Gasteiger partial charge in [-0.2, -0.15) is 0 Å². The number of benzene rings is 1. The number of carbonyl (C=O) groups is 1. The van der Waals surface area contributed by atoms with E-state index < -0.39 is 5.41 Å². The molecule has 0 saturated heterocycles. The summed E-state index contributed by atoms with van der Waals surface area (Å²) in [6.45, 7) is 8.06. The molecule has 0 aliphatic heterocycles. The normalized spacial score (nSPS) is 10.9. The smallest absolute Gasteiger partial charge is 0.230 e. The van der Waals surface area contributed by atoms with Crippen molar-refractivity contribution in [2.45, 2.75) is 25.7 Å². The number of nitrogens with one attached hydrogen (secondary N) is 1. The fraction of sp³-hybridized carbons (Fsp3) is 0.357. The van der Waals surface area contributed by atoms with E-state index in [1.54, 1.807) is 6.08 Å². The summed E-state index contributed by atoms with van der Waals surface area (Å²) in [5.41, 5.74) is 6.75. The zero-order valence-corrected chi connectivity index (χ0v) is 10.5. The molecule has 92 valence electrons. The molecule has 1 amide bonds. The highest BCUT2D eigenvalue weighted by molar-refractivity contribution is 5.87. The zero-order valence-electron chi connectivity index (χ0n) is 10.5. The maximum Gasteiger partial charge on any atom is 0.230 e. The molecule has 0 saturated carbocycles.